The predicted octanol–water partition coefficient (Wildman–Crippen LogP) is 1.78. The highest BCUT2D eigenvalue weighted by molar-refractivity contribution is 7.13. The quantitative estimate of drug-likeness (QED) is 0.581. The molecule has 1 aromatic rings. The maximum Gasteiger partial charge on any atom is 0.236 e. The van der Waals surface area contributed by atoms with E-state index in [9.17, 15) is 4.79 Å². The molecule has 13 heavy (non-hydrogen) atoms. The highest BCUT2D eigenvalue weighted by Gasteiger charge is 1.94. The number of thiophene rings is 1. The molecule has 0 bridgehead atoms. The van der Waals surface area contributed by atoms with Gasteiger partial charge in [-0.1, -0.05) is 6.92 Å². The highest BCUT2D eigenvalue weighted by atomic mass is 32.1. The standard InChI is InChI=1S/C9H12N2OS/c1-3-8-4-5-9(13-8)6-10-11-7(2)12/h4-6H,3H2,1-2H3,(H,11,12). The van der Waals surface area contributed by atoms with Gasteiger partial charge in [-0.15, -0.1) is 11.3 Å². The molecule has 1 rings (SSSR count). The number of carbonyl (C=O) groups excluding carboxylic acids is 1. The Morgan fingerprint density at radius 3 is 3.00 bits per heavy atom. The van der Waals surface area contributed by atoms with Crippen LogP contribution >= 0.6 is 11.3 Å². The molecule has 1 heterocycles. The topological polar surface area (TPSA) is 41.5 Å². The average molecular weight is 196 g/mol. The van der Waals surface area contributed by atoms with E-state index in [1.165, 1.54) is 11.8 Å². The molecule has 0 spiro atoms. The molecule has 3 nitrogen and oxygen atoms in total. The third kappa shape index (κ3) is 3.38. The smallest absolute Gasteiger partial charge is 0.236 e. The van der Waals surface area contributed by atoms with Gasteiger partial charge >= 0.3 is 0 Å². The fraction of sp³-hybridized carbons (Fsp3) is 0.333. The van der Waals surface area contributed by atoms with Crippen molar-refractivity contribution in [3.63, 3.8) is 0 Å². The van der Waals surface area contributed by atoms with Crippen molar-refractivity contribution < 1.29 is 4.79 Å². The average Bonchev–Trinajstić information content (AvgIpc) is 2.52. The number of hydrogen-bond donors (Lipinski definition) is 1. The van der Waals surface area contributed by atoms with E-state index in [1.807, 2.05) is 6.07 Å². The first kappa shape index (κ1) is 9.92. The third-order valence-corrected chi connectivity index (χ3v) is 2.61. The zero-order valence-corrected chi connectivity index (χ0v) is 8.52. The minimum absolute atomic E-state index is 0.150. The lowest BCUT2D eigenvalue weighted by molar-refractivity contribution is -0.118. The second-order valence-electron chi connectivity index (χ2n) is 2.58. The number of aryl methyl sites for hydroxylation is 1. The van der Waals surface area contributed by atoms with E-state index in [2.05, 4.69) is 23.5 Å². The summed E-state index contributed by atoms with van der Waals surface area (Å²) in [5, 5.41) is 3.77. The van der Waals surface area contributed by atoms with Crippen LogP contribution in [-0.2, 0) is 11.2 Å². The monoisotopic (exact) mass is 196 g/mol. The van der Waals surface area contributed by atoms with Crippen molar-refractivity contribution >= 4 is 23.5 Å². The van der Waals surface area contributed by atoms with Crippen molar-refractivity contribution in [3.05, 3.63) is 21.9 Å². The van der Waals surface area contributed by atoms with E-state index in [4.69, 9.17) is 0 Å². The largest absolute Gasteiger partial charge is 0.274 e. The first-order chi connectivity index (χ1) is 6.22. The van der Waals surface area contributed by atoms with Crippen LogP contribution in [0, 0.1) is 0 Å². The molecule has 1 N–H and O–H groups in total. The number of nitrogens with zero attached hydrogens (tertiary/aromatic N) is 1. The Kier molecular flexibility index (Phi) is 3.64. The Hall–Kier alpha value is -1.16. The molecule has 0 aromatic carbocycles. The van der Waals surface area contributed by atoms with Gasteiger partial charge in [0.2, 0.25) is 5.91 Å². The number of rotatable bonds is 3. The fourth-order valence-corrected chi connectivity index (χ4v) is 1.67. The van der Waals surface area contributed by atoms with Gasteiger partial charge in [-0.25, -0.2) is 5.43 Å². The second-order valence-corrected chi connectivity index (χ2v) is 3.78. The van der Waals surface area contributed by atoms with Gasteiger partial charge in [0, 0.05) is 16.7 Å². The summed E-state index contributed by atoms with van der Waals surface area (Å²) in [7, 11) is 0. The molecule has 0 saturated carbocycles. The lowest BCUT2D eigenvalue weighted by Gasteiger charge is -1.88. The van der Waals surface area contributed by atoms with Gasteiger partial charge in [0.15, 0.2) is 0 Å². The van der Waals surface area contributed by atoms with Crippen LogP contribution in [0.1, 0.15) is 23.6 Å². The number of hydrogen-bond acceptors (Lipinski definition) is 3. The van der Waals surface area contributed by atoms with E-state index in [-0.39, 0.29) is 5.91 Å². The van der Waals surface area contributed by atoms with Crippen LogP contribution in [0.15, 0.2) is 17.2 Å². The van der Waals surface area contributed by atoms with Gasteiger partial charge in [0.1, 0.15) is 0 Å². The summed E-state index contributed by atoms with van der Waals surface area (Å²) >= 11 is 1.68. The molecule has 4 heteroatoms. The number of carbonyl (C=O) groups is 1. The van der Waals surface area contributed by atoms with Gasteiger partial charge < -0.3 is 0 Å². The van der Waals surface area contributed by atoms with Crippen molar-refractivity contribution in [3.8, 4) is 0 Å². The first-order valence-corrected chi connectivity index (χ1v) is 4.92. The molecule has 0 atom stereocenters. The fourth-order valence-electron chi connectivity index (χ4n) is 0.841. The SMILES string of the molecule is CCc1ccc(C=NNC(C)=O)s1. The summed E-state index contributed by atoms with van der Waals surface area (Å²) < 4.78 is 0. The zero-order valence-electron chi connectivity index (χ0n) is 7.70. The van der Waals surface area contributed by atoms with Crippen LogP contribution in [0.5, 0.6) is 0 Å². The van der Waals surface area contributed by atoms with Gasteiger partial charge in [0.05, 0.1) is 6.21 Å². The van der Waals surface area contributed by atoms with Crippen LogP contribution in [-0.4, -0.2) is 12.1 Å². The van der Waals surface area contributed by atoms with Crippen LogP contribution in [0.25, 0.3) is 0 Å². The minimum atomic E-state index is -0.150. The second kappa shape index (κ2) is 4.77. The maximum atomic E-state index is 10.5. The minimum Gasteiger partial charge on any atom is -0.274 e. The van der Waals surface area contributed by atoms with E-state index >= 15 is 0 Å². The van der Waals surface area contributed by atoms with Gasteiger partial charge in [-0.05, 0) is 18.6 Å². The van der Waals surface area contributed by atoms with Crippen LogP contribution in [0.3, 0.4) is 0 Å². The molecule has 0 aliphatic carbocycles. The van der Waals surface area contributed by atoms with E-state index in [0.717, 1.165) is 11.3 Å². The summed E-state index contributed by atoms with van der Waals surface area (Å²) in [6.45, 7) is 3.55. The van der Waals surface area contributed by atoms with Crippen molar-refractivity contribution in [2.24, 2.45) is 5.10 Å². The predicted molar refractivity (Wildman–Crippen MR) is 55.1 cm³/mol. The van der Waals surface area contributed by atoms with Crippen LogP contribution in [0.4, 0.5) is 0 Å². The maximum absolute atomic E-state index is 10.5. The third-order valence-electron chi connectivity index (χ3n) is 1.44. The normalized spacial score (nSPS) is 10.6. The Morgan fingerprint density at radius 2 is 2.46 bits per heavy atom. The molecule has 1 amide bonds. The summed E-state index contributed by atoms with van der Waals surface area (Å²) in [5.74, 6) is -0.150. The van der Waals surface area contributed by atoms with Crippen LogP contribution < -0.4 is 5.43 Å². The lowest BCUT2D eigenvalue weighted by atomic mass is 10.4. The first-order valence-electron chi connectivity index (χ1n) is 4.10. The molecule has 0 unspecified atom stereocenters. The Balaban J connectivity index is 2.53. The van der Waals surface area contributed by atoms with E-state index < -0.39 is 0 Å². The van der Waals surface area contributed by atoms with Gasteiger partial charge in [-0.3, -0.25) is 4.79 Å². The van der Waals surface area contributed by atoms with E-state index in [1.54, 1.807) is 17.6 Å². The zero-order chi connectivity index (χ0) is 9.68. The molecule has 0 fully saturated rings. The van der Waals surface area contributed by atoms with Gasteiger partial charge in [0.25, 0.3) is 0 Å². The highest BCUT2D eigenvalue weighted by Crippen LogP contribution is 2.14. The molecular weight excluding hydrogens is 184 g/mol. The van der Waals surface area contributed by atoms with Crippen LogP contribution in [0.2, 0.25) is 0 Å². The lowest BCUT2D eigenvalue weighted by Crippen LogP contribution is -2.11. The van der Waals surface area contributed by atoms with Crippen molar-refractivity contribution in [1.82, 2.24) is 5.43 Å². The van der Waals surface area contributed by atoms with Gasteiger partial charge in [-0.2, -0.15) is 5.10 Å². The number of hydrazone groups is 1. The molecule has 0 aliphatic rings. The number of amides is 1. The van der Waals surface area contributed by atoms with Crippen molar-refractivity contribution in [1.29, 1.82) is 0 Å². The molecule has 0 radical (unpaired) electrons. The van der Waals surface area contributed by atoms with Crippen molar-refractivity contribution in [2.45, 2.75) is 20.3 Å². The van der Waals surface area contributed by atoms with Crippen molar-refractivity contribution in [2.75, 3.05) is 0 Å². The Labute approximate surface area is 81.5 Å². The molecular formula is C9H12N2OS. The summed E-state index contributed by atoms with van der Waals surface area (Å²) in [6, 6.07) is 4.06. The molecule has 0 saturated heterocycles. The molecule has 1 aromatic heterocycles. The Morgan fingerprint density at radius 1 is 1.69 bits per heavy atom. The van der Waals surface area contributed by atoms with E-state index in [0.29, 0.717) is 0 Å². The molecule has 70 valence electrons. The molecule has 0 aliphatic heterocycles. The summed E-state index contributed by atoms with van der Waals surface area (Å²) in [4.78, 5) is 12.9. The summed E-state index contributed by atoms with van der Waals surface area (Å²) in [5.41, 5.74) is 2.36. The Bertz CT molecular complexity index is 317. The summed E-state index contributed by atoms with van der Waals surface area (Å²) in [6.07, 6.45) is 2.70. The number of nitrogens with one attached hydrogen (secondary N) is 1.